The second-order valence-corrected chi connectivity index (χ2v) is 6.89. The highest BCUT2D eigenvalue weighted by atomic mass is 16.5. The maximum Gasteiger partial charge on any atom is 0.320 e. The van der Waals surface area contributed by atoms with Gasteiger partial charge < -0.3 is 24.4 Å². The van der Waals surface area contributed by atoms with Gasteiger partial charge in [-0.15, -0.1) is 0 Å². The van der Waals surface area contributed by atoms with E-state index in [1.165, 1.54) is 0 Å². The van der Waals surface area contributed by atoms with E-state index in [2.05, 4.69) is 10.5 Å². The summed E-state index contributed by atoms with van der Waals surface area (Å²) in [5.74, 6) is 0.688. The molecule has 1 N–H and O–H groups in total. The van der Waals surface area contributed by atoms with Crippen molar-refractivity contribution < 1.29 is 18.8 Å². The number of morpholine rings is 1. The normalized spacial score (nSPS) is 19.3. The first-order valence-electron chi connectivity index (χ1n) is 8.93. The fourth-order valence-electron chi connectivity index (χ4n) is 3.10. The van der Waals surface area contributed by atoms with E-state index >= 15 is 0 Å². The summed E-state index contributed by atoms with van der Waals surface area (Å²) in [4.78, 5) is 28.4. The number of nitrogens with one attached hydrogen (secondary N) is 1. The summed E-state index contributed by atoms with van der Waals surface area (Å²) in [7, 11) is 0. The van der Waals surface area contributed by atoms with Crippen molar-refractivity contribution in [3.8, 4) is 0 Å². The second-order valence-electron chi connectivity index (χ2n) is 6.89. The maximum atomic E-state index is 12.5. The van der Waals surface area contributed by atoms with Crippen molar-refractivity contribution >= 4 is 11.9 Å². The molecule has 8 heteroatoms. The third-order valence-electron chi connectivity index (χ3n) is 4.71. The third kappa shape index (κ3) is 4.31. The lowest BCUT2D eigenvalue weighted by Crippen LogP contribution is -2.52. The van der Waals surface area contributed by atoms with Gasteiger partial charge in [0.2, 0.25) is 0 Å². The Balaban J connectivity index is 1.47. The van der Waals surface area contributed by atoms with Crippen LogP contribution in [0.1, 0.15) is 48.9 Å². The van der Waals surface area contributed by atoms with Gasteiger partial charge >= 0.3 is 6.03 Å². The standard InChI is InChI=1S/C17H26N4O4/c1-12(2)15-11-14(19-25-15)16(22)18-13-3-5-20(6-4-13)17(23)21-7-9-24-10-8-21/h11-13H,3-10H2,1-2H3,(H,18,22). The highest BCUT2D eigenvalue weighted by molar-refractivity contribution is 5.92. The summed E-state index contributed by atoms with van der Waals surface area (Å²) in [6.07, 6.45) is 1.49. The molecule has 0 aliphatic carbocycles. The van der Waals surface area contributed by atoms with Crippen molar-refractivity contribution in [1.29, 1.82) is 0 Å². The van der Waals surface area contributed by atoms with Crippen LogP contribution in [0.2, 0.25) is 0 Å². The first-order valence-corrected chi connectivity index (χ1v) is 8.93. The number of ether oxygens (including phenoxy) is 1. The molecule has 0 atom stereocenters. The largest absolute Gasteiger partial charge is 0.378 e. The Morgan fingerprint density at radius 2 is 1.80 bits per heavy atom. The molecule has 0 spiro atoms. The average Bonchev–Trinajstić information content (AvgIpc) is 3.13. The highest BCUT2D eigenvalue weighted by Crippen LogP contribution is 2.17. The van der Waals surface area contributed by atoms with Gasteiger partial charge in [-0.1, -0.05) is 19.0 Å². The Morgan fingerprint density at radius 1 is 1.16 bits per heavy atom. The van der Waals surface area contributed by atoms with Crippen LogP contribution < -0.4 is 5.32 Å². The number of carbonyl (C=O) groups is 2. The fourth-order valence-corrected chi connectivity index (χ4v) is 3.10. The quantitative estimate of drug-likeness (QED) is 0.891. The number of hydrogen-bond donors (Lipinski definition) is 1. The summed E-state index contributed by atoms with van der Waals surface area (Å²) in [5, 5.41) is 6.83. The lowest BCUT2D eigenvalue weighted by molar-refractivity contribution is 0.0407. The second kappa shape index (κ2) is 7.86. The van der Waals surface area contributed by atoms with Gasteiger partial charge in [0.25, 0.3) is 5.91 Å². The molecule has 25 heavy (non-hydrogen) atoms. The number of likely N-dealkylation sites (tertiary alicyclic amines) is 1. The van der Waals surface area contributed by atoms with Crippen LogP contribution in [0, 0.1) is 0 Å². The lowest BCUT2D eigenvalue weighted by atomic mass is 10.0. The fraction of sp³-hybridized carbons (Fsp3) is 0.706. The van der Waals surface area contributed by atoms with Gasteiger partial charge in [0, 0.05) is 44.2 Å². The molecular weight excluding hydrogens is 324 g/mol. The van der Waals surface area contributed by atoms with E-state index < -0.39 is 0 Å². The van der Waals surface area contributed by atoms with Crippen LogP contribution in [0.3, 0.4) is 0 Å². The minimum Gasteiger partial charge on any atom is -0.378 e. The Kier molecular flexibility index (Phi) is 5.57. The lowest BCUT2D eigenvalue weighted by Gasteiger charge is -2.37. The van der Waals surface area contributed by atoms with Gasteiger partial charge in [0.05, 0.1) is 13.2 Å². The molecule has 2 aliphatic heterocycles. The predicted octanol–water partition coefficient (Wildman–Crippen LogP) is 1.44. The first-order chi connectivity index (χ1) is 12.0. The van der Waals surface area contributed by atoms with Crippen LogP contribution in [0.4, 0.5) is 4.79 Å². The maximum absolute atomic E-state index is 12.5. The zero-order valence-electron chi connectivity index (χ0n) is 14.9. The number of nitrogens with zero attached hydrogens (tertiary/aromatic N) is 3. The number of hydrogen-bond acceptors (Lipinski definition) is 5. The molecule has 0 saturated carbocycles. The van der Waals surface area contributed by atoms with Crippen molar-refractivity contribution in [2.45, 2.75) is 38.6 Å². The number of aromatic nitrogens is 1. The van der Waals surface area contributed by atoms with Gasteiger partial charge in [-0.25, -0.2) is 4.79 Å². The number of urea groups is 1. The molecule has 138 valence electrons. The summed E-state index contributed by atoms with van der Waals surface area (Å²) in [6, 6.07) is 1.82. The van der Waals surface area contributed by atoms with Crippen LogP contribution >= 0.6 is 0 Å². The molecule has 0 unspecified atom stereocenters. The van der Waals surface area contributed by atoms with Gasteiger partial charge in [-0.3, -0.25) is 4.79 Å². The molecule has 3 heterocycles. The summed E-state index contributed by atoms with van der Waals surface area (Å²) >= 11 is 0. The van der Waals surface area contributed by atoms with Crippen LogP contribution in [0.5, 0.6) is 0 Å². The average molecular weight is 350 g/mol. The Bertz CT molecular complexity index is 602. The summed E-state index contributed by atoms with van der Waals surface area (Å²) in [5.41, 5.74) is 0.315. The van der Waals surface area contributed by atoms with E-state index in [0.29, 0.717) is 50.8 Å². The van der Waals surface area contributed by atoms with Gasteiger partial charge in [-0.2, -0.15) is 0 Å². The molecular formula is C17H26N4O4. The van der Waals surface area contributed by atoms with Crippen molar-refractivity contribution in [1.82, 2.24) is 20.3 Å². The molecule has 0 aromatic carbocycles. The SMILES string of the molecule is CC(C)c1cc(C(=O)NC2CCN(C(=O)N3CCOCC3)CC2)no1. The van der Waals surface area contributed by atoms with E-state index in [1.807, 2.05) is 23.6 Å². The van der Waals surface area contributed by atoms with Crippen molar-refractivity contribution in [2.24, 2.45) is 0 Å². The zero-order chi connectivity index (χ0) is 17.8. The number of carbonyl (C=O) groups excluding carboxylic acids is 2. The number of rotatable bonds is 3. The molecule has 3 rings (SSSR count). The minimum absolute atomic E-state index is 0.0560. The molecule has 1 aromatic rings. The first kappa shape index (κ1) is 17.7. The van der Waals surface area contributed by atoms with Crippen LogP contribution in [-0.4, -0.2) is 72.3 Å². The molecule has 2 saturated heterocycles. The minimum atomic E-state index is -0.214. The predicted molar refractivity (Wildman–Crippen MR) is 90.4 cm³/mol. The molecule has 1 aromatic heterocycles. The number of amides is 3. The van der Waals surface area contributed by atoms with E-state index in [-0.39, 0.29) is 23.9 Å². The van der Waals surface area contributed by atoms with Crippen LogP contribution in [0.15, 0.2) is 10.6 Å². The van der Waals surface area contributed by atoms with Crippen molar-refractivity contribution in [2.75, 3.05) is 39.4 Å². The van der Waals surface area contributed by atoms with E-state index in [1.54, 1.807) is 6.07 Å². The van der Waals surface area contributed by atoms with Gasteiger partial charge in [0.15, 0.2) is 5.69 Å². The Labute approximate surface area is 147 Å². The monoisotopic (exact) mass is 350 g/mol. The van der Waals surface area contributed by atoms with Crippen molar-refractivity contribution in [3.63, 3.8) is 0 Å². The topological polar surface area (TPSA) is 87.9 Å². The van der Waals surface area contributed by atoms with Gasteiger partial charge in [0.1, 0.15) is 5.76 Å². The van der Waals surface area contributed by atoms with E-state index in [9.17, 15) is 9.59 Å². The van der Waals surface area contributed by atoms with E-state index in [0.717, 1.165) is 12.8 Å². The molecule has 0 bridgehead atoms. The Morgan fingerprint density at radius 3 is 2.40 bits per heavy atom. The summed E-state index contributed by atoms with van der Waals surface area (Å²) in [6.45, 7) is 7.80. The van der Waals surface area contributed by atoms with Gasteiger partial charge in [-0.05, 0) is 12.8 Å². The Hall–Kier alpha value is -2.09. The number of piperidine rings is 1. The molecule has 3 amide bonds. The highest BCUT2D eigenvalue weighted by Gasteiger charge is 2.28. The van der Waals surface area contributed by atoms with Crippen LogP contribution in [0.25, 0.3) is 0 Å². The smallest absolute Gasteiger partial charge is 0.320 e. The molecule has 2 fully saturated rings. The van der Waals surface area contributed by atoms with Crippen LogP contribution in [-0.2, 0) is 4.74 Å². The third-order valence-corrected chi connectivity index (χ3v) is 4.71. The summed E-state index contributed by atoms with van der Waals surface area (Å²) < 4.78 is 10.5. The molecule has 0 radical (unpaired) electrons. The van der Waals surface area contributed by atoms with Crippen molar-refractivity contribution in [3.05, 3.63) is 17.5 Å². The molecule has 2 aliphatic rings. The van der Waals surface area contributed by atoms with E-state index in [4.69, 9.17) is 9.26 Å². The molecule has 8 nitrogen and oxygen atoms in total. The zero-order valence-corrected chi connectivity index (χ0v) is 14.9.